The number of carbonyl (C=O) groups is 1. The van der Waals surface area contributed by atoms with Crippen molar-refractivity contribution in [1.82, 2.24) is 30.4 Å². The van der Waals surface area contributed by atoms with Crippen LogP contribution in [0.3, 0.4) is 0 Å². The molecule has 136 valence electrons. The fourth-order valence-electron chi connectivity index (χ4n) is 2.24. The maximum absolute atomic E-state index is 12.6. The first-order valence-electron chi connectivity index (χ1n) is 8.35. The zero-order valence-electron chi connectivity index (χ0n) is 14.5. The highest BCUT2D eigenvalue weighted by atomic mass is 32.2. The summed E-state index contributed by atoms with van der Waals surface area (Å²) in [5.74, 6) is -0.126. The molecule has 0 aliphatic rings. The molecule has 3 aromatic rings. The van der Waals surface area contributed by atoms with E-state index in [0.717, 1.165) is 23.5 Å². The molecule has 0 bridgehead atoms. The molecule has 0 aliphatic carbocycles. The molecular formula is C16H19N7OS2. The van der Waals surface area contributed by atoms with Crippen LogP contribution in [0.1, 0.15) is 31.7 Å². The van der Waals surface area contributed by atoms with Gasteiger partial charge in [-0.3, -0.25) is 10.1 Å². The number of amides is 1. The van der Waals surface area contributed by atoms with Crippen molar-refractivity contribution in [2.24, 2.45) is 0 Å². The van der Waals surface area contributed by atoms with Crippen LogP contribution in [0.4, 0.5) is 5.13 Å². The Morgan fingerprint density at radius 1 is 1.23 bits per heavy atom. The minimum atomic E-state index is -0.331. The summed E-state index contributed by atoms with van der Waals surface area (Å²) in [6.45, 7) is 4.04. The van der Waals surface area contributed by atoms with Crippen LogP contribution in [-0.4, -0.2) is 41.6 Å². The molecule has 0 spiro atoms. The number of nitrogens with zero attached hydrogens (tertiary/aromatic N) is 6. The van der Waals surface area contributed by atoms with Gasteiger partial charge in [-0.05, 0) is 35.4 Å². The van der Waals surface area contributed by atoms with Gasteiger partial charge in [0.15, 0.2) is 0 Å². The summed E-state index contributed by atoms with van der Waals surface area (Å²) in [5, 5.41) is 24.5. The molecule has 8 nitrogen and oxygen atoms in total. The largest absolute Gasteiger partial charge is 0.300 e. The Labute approximate surface area is 159 Å². The van der Waals surface area contributed by atoms with Crippen molar-refractivity contribution in [2.45, 2.75) is 43.5 Å². The summed E-state index contributed by atoms with van der Waals surface area (Å²) in [7, 11) is 0. The lowest BCUT2D eigenvalue weighted by atomic mass is 10.3. The van der Waals surface area contributed by atoms with E-state index in [1.807, 2.05) is 37.3 Å². The highest BCUT2D eigenvalue weighted by molar-refractivity contribution is 8.00. The minimum absolute atomic E-state index is 0.126. The van der Waals surface area contributed by atoms with Gasteiger partial charge in [0.05, 0.1) is 10.9 Å². The molecule has 0 aliphatic heterocycles. The van der Waals surface area contributed by atoms with Crippen molar-refractivity contribution < 1.29 is 4.79 Å². The molecule has 1 unspecified atom stereocenters. The van der Waals surface area contributed by atoms with Crippen molar-refractivity contribution in [3.8, 4) is 5.69 Å². The van der Waals surface area contributed by atoms with Gasteiger partial charge in [0.2, 0.25) is 16.2 Å². The third kappa shape index (κ3) is 4.44. The SMILES string of the molecule is CCCc1nnc(NC(=O)C(CC)Sc2nnnn2-c2ccccc2)s1. The molecule has 26 heavy (non-hydrogen) atoms. The second kappa shape index (κ2) is 8.86. The predicted octanol–water partition coefficient (Wildman–Crippen LogP) is 2.98. The molecule has 2 heterocycles. The molecule has 1 N–H and O–H groups in total. The van der Waals surface area contributed by atoms with Gasteiger partial charge >= 0.3 is 0 Å². The molecule has 1 amide bonds. The first-order valence-corrected chi connectivity index (χ1v) is 10.0. The lowest BCUT2D eigenvalue weighted by molar-refractivity contribution is -0.115. The van der Waals surface area contributed by atoms with Crippen molar-refractivity contribution in [2.75, 3.05) is 5.32 Å². The molecule has 1 atom stereocenters. The standard InChI is InChI=1S/C16H19N7OS2/c1-3-8-13-18-19-15(26-13)17-14(24)12(4-2)25-16-20-21-22-23(16)11-9-6-5-7-10-11/h5-7,9-10,12H,3-4,8H2,1-2H3,(H,17,19,24). The number of benzene rings is 1. The van der Waals surface area contributed by atoms with Gasteiger partial charge in [0.25, 0.3) is 0 Å². The smallest absolute Gasteiger partial charge is 0.239 e. The fourth-order valence-corrected chi connectivity index (χ4v) is 3.99. The van der Waals surface area contributed by atoms with Gasteiger partial charge in [0, 0.05) is 6.42 Å². The lowest BCUT2D eigenvalue weighted by Gasteiger charge is -2.12. The second-order valence-corrected chi connectivity index (χ2v) is 7.70. The van der Waals surface area contributed by atoms with Crippen LogP contribution < -0.4 is 5.32 Å². The number of anilines is 1. The molecule has 3 rings (SSSR count). The second-order valence-electron chi connectivity index (χ2n) is 5.46. The number of aryl methyl sites for hydroxylation is 1. The van der Waals surface area contributed by atoms with Crippen molar-refractivity contribution in [1.29, 1.82) is 0 Å². The number of rotatable bonds is 8. The quantitative estimate of drug-likeness (QED) is 0.591. The van der Waals surface area contributed by atoms with Crippen LogP contribution in [0.5, 0.6) is 0 Å². The Hall–Kier alpha value is -2.33. The Bertz CT molecular complexity index is 849. The topological polar surface area (TPSA) is 98.5 Å². The average molecular weight is 390 g/mol. The van der Waals surface area contributed by atoms with Crippen molar-refractivity contribution in [3.63, 3.8) is 0 Å². The van der Waals surface area contributed by atoms with E-state index in [0.29, 0.717) is 16.7 Å². The van der Waals surface area contributed by atoms with Crippen LogP contribution in [0.25, 0.3) is 5.69 Å². The summed E-state index contributed by atoms with van der Waals surface area (Å²) in [4.78, 5) is 12.6. The molecule has 0 fully saturated rings. The van der Waals surface area contributed by atoms with Crippen LogP contribution in [-0.2, 0) is 11.2 Å². The van der Waals surface area contributed by atoms with Crippen molar-refractivity contribution >= 4 is 34.1 Å². The van der Waals surface area contributed by atoms with E-state index in [1.165, 1.54) is 23.1 Å². The van der Waals surface area contributed by atoms with Gasteiger partial charge in [-0.25, -0.2) is 0 Å². The zero-order chi connectivity index (χ0) is 18.4. The van der Waals surface area contributed by atoms with Gasteiger partial charge in [-0.2, -0.15) is 4.68 Å². The summed E-state index contributed by atoms with van der Waals surface area (Å²) < 4.78 is 1.63. The van der Waals surface area contributed by atoms with Crippen LogP contribution in [0, 0.1) is 0 Å². The van der Waals surface area contributed by atoms with Crippen LogP contribution in [0.15, 0.2) is 35.5 Å². The normalized spacial score (nSPS) is 12.1. The number of para-hydroxylation sites is 1. The average Bonchev–Trinajstić information content (AvgIpc) is 3.30. The Kier molecular flexibility index (Phi) is 6.29. The van der Waals surface area contributed by atoms with Crippen molar-refractivity contribution in [3.05, 3.63) is 35.3 Å². The first kappa shape index (κ1) is 18.5. The number of aromatic nitrogens is 6. The number of thioether (sulfide) groups is 1. The van der Waals surface area contributed by atoms with E-state index in [4.69, 9.17) is 0 Å². The zero-order valence-corrected chi connectivity index (χ0v) is 16.1. The predicted molar refractivity (Wildman–Crippen MR) is 102 cm³/mol. The van der Waals surface area contributed by atoms with E-state index in [9.17, 15) is 4.79 Å². The molecule has 10 heteroatoms. The van der Waals surface area contributed by atoms with Gasteiger partial charge in [0.1, 0.15) is 5.01 Å². The molecule has 0 saturated heterocycles. The molecule has 1 aromatic carbocycles. The summed E-state index contributed by atoms with van der Waals surface area (Å²) in [5.41, 5.74) is 0.851. The summed E-state index contributed by atoms with van der Waals surface area (Å²) in [6, 6.07) is 9.59. The molecule has 0 saturated carbocycles. The minimum Gasteiger partial charge on any atom is -0.300 e. The maximum Gasteiger partial charge on any atom is 0.239 e. The van der Waals surface area contributed by atoms with Gasteiger partial charge in [-0.1, -0.05) is 55.1 Å². The monoisotopic (exact) mass is 389 g/mol. The maximum atomic E-state index is 12.6. The molecule has 0 radical (unpaired) electrons. The van der Waals surface area contributed by atoms with Gasteiger partial charge < -0.3 is 0 Å². The molecular weight excluding hydrogens is 370 g/mol. The van der Waals surface area contributed by atoms with E-state index in [2.05, 4.69) is 38.0 Å². The third-order valence-electron chi connectivity index (χ3n) is 3.51. The fraction of sp³-hybridized carbons (Fsp3) is 0.375. The van der Waals surface area contributed by atoms with E-state index >= 15 is 0 Å². The van der Waals surface area contributed by atoms with Crippen LogP contribution in [0.2, 0.25) is 0 Å². The highest BCUT2D eigenvalue weighted by Gasteiger charge is 2.23. The number of tetrazole rings is 1. The Morgan fingerprint density at radius 3 is 2.77 bits per heavy atom. The summed E-state index contributed by atoms with van der Waals surface area (Å²) in [6.07, 6.45) is 2.50. The van der Waals surface area contributed by atoms with E-state index < -0.39 is 0 Å². The first-order chi connectivity index (χ1) is 12.7. The lowest BCUT2D eigenvalue weighted by Crippen LogP contribution is -2.25. The van der Waals surface area contributed by atoms with Crippen LogP contribution >= 0.6 is 23.1 Å². The third-order valence-corrected chi connectivity index (χ3v) is 5.71. The Morgan fingerprint density at radius 2 is 2.04 bits per heavy atom. The van der Waals surface area contributed by atoms with E-state index in [1.54, 1.807) is 4.68 Å². The van der Waals surface area contributed by atoms with Gasteiger partial charge in [-0.15, -0.1) is 15.3 Å². The number of hydrogen-bond acceptors (Lipinski definition) is 8. The highest BCUT2D eigenvalue weighted by Crippen LogP contribution is 2.26. The van der Waals surface area contributed by atoms with E-state index in [-0.39, 0.29) is 11.2 Å². The Balaban J connectivity index is 1.69. The molecule has 2 aromatic heterocycles. The number of hydrogen-bond donors (Lipinski definition) is 1. The number of nitrogens with one attached hydrogen (secondary N) is 1. The number of carbonyl (C=O) groups excluding carboxylic acids is 1. The summed E-state index contributed by atoms with van der Waals surface area (Å²) >= 11 is 2.75.